The third-order valence-electron chi connectivity index (χ3n) is 3.61. The van der Waals surface area contributed by atoms with E-state index in [2.05, 4.69) is 4.72 Å². The van der Waals surface area contributed by atoms with Gasteiger partial charge < -0.3 is 14.7 Å². The van der Waals surface area contributed by atoms with Gasteiger partial charge in [-0.25, -0.2) is 13.1 Å². The van der Waals surface area contributed by atoms with Crippen LogP contribution in [0.25, 0.3) is 0 Å². The van der Waals surface area contributed by atoms with Gasteiger partial charge in [-0.2, -0.15) is 0 Å². The molecule has 0 unspecified atom stereocenters. The van der Waals surface area contributed by atoms with Crippen molar-refractivity contribution in [1.29, 1.82) is 0 Å². The van der Waals surface area contributed by atoms with Crippen LogP contribution in [0.1, 0.15) is 29.6 Å². The number of aliphatic carboxylic acids is 1. The number of methoxy groups -OCH3 is 1. The molecule has 1 saturated carbocycles. The molecule has 1 aromatic rings. The minimum absolute atomic E-state index is 0.0304. The molecule has 0 radical (unpaired) electrons. The summed E-state index contributed by atoms with van der Waals surface area (Å²) in [4.78, 5) is 24.1. The van der Waals surface area contributed by atoms with Gasteiger partial charge in [-0.3, -0.25) is 9.59 Å². The molecule has 0 saturated heterocycles. The molecule has 9 heteroatoms. The summed E-state index contributed by atoms with van der Waals surface area (Å²) in [6.45, 7) is 0.0304. The first kappa shape index (κ1) is 18.2. The molecule has 0 atom stereocenters. The third-order valence-corrected chi connectivity index (χ3v) is 5.15. The smallest absolute Gasteiger partial charge is 0.305 e. The average molecular weight is 356 g/mol. The molecule has 1 aliphatic carbocycles. The predicted octanol–water partition coefficient (Wildman–Crippen LogP) is 0.683. The van der Waals surface area contributed by atoms with Gasteiger partial charge in [0.25, 0.3) is 5.91 Å². The summed E-state index contributed by atoms with van der Waals surface area (Å²) in [5.74, 6) is -1.32. The van der Waals surface area contributed by atoms with E-state index >= 15 is 0 Å². The molecule has 8 nitrogen and oxygen atoms in total. The molecule has 0 aromatic heterocycles. The summed E-state index contributed by atoms with van der Waals surface area (Å²) in [7, 11) is -0.970. The van der Waals surface area contributed by atoms with Crippen LogP contribution in [0.3, 0.4) is 0 Å². The molecule has 1 aromatic carbocycles. The maximum atomic E-state index is 12.4. The number of hydrogen-bond donors (Lipinski definition) is 2. The van der Waals surface area contributed by atoms with E-state index in [1.807, 2.05) is 0 Å². The maximum Gasteiger partial charge on any atom is 0.305 e. The van der Waals surface area contributed by atoms with Gasteiger partial charge >= 0.3 is 5.97 Å². The van der Waals surface area contributed by atoms with Crippen molar-refractivity contribution in [1.82, 2.24) is 9.62 Å². The van der Waals surface area contributed by atoms with Crippen LogP contribution in [-0.2, 0) is 14.8 Å². The molecule has 2 rings (SSSR count). The lowest BCUT2D eigenvalue weighted by Gasteiger charge is -2.17. The standard InChI is InChI=1S/C15H20N2O6S/c1-17(8-7-14(18)19)15(20)10-3-6-12(23-2)13(9-10)24(21,22)16-11-4-5-11/h3,6,9,11,16H,4-5,7-8H2,1-2H3,(H,18,19). The number of nitrogens with one attached hydrogen (secondary N) is 1. The number of carbonyl (C=O) groups is 2. The number of amides is 1. The van der Waals surface area contributed by atoms with E-state index in [0.29, 0.717) is 0 Å². The highest BCUT2D eigenvalue weighted by atomic mass is 32.2. The molecule has 1 fully saturated rings. The van der Waals surface area contributed by atoms with Crippen LogP contribution in [-0.4, -0.2) is 57.0 Å². The number of rotatable bonds is 8. The Labute approximate surface area is 140 Å². The summed E-state index contributed by atoms with van der Waals surface area (Å²) in [6, 6.07) is 4.05. The number of carbonyl (C=O) groups excluding carboxylic acids is 1. The first-order valence-electron chi connectivity index (χ1n) is 7.42. The van der Waals surface area contributed by atoms with Crippen molar-refractivity contribution in [3.05, 3.63) is 23.8 Å². The summed E-state index contributed by atoms with van der Waals surface area (Å²) in [6.07, 6.45) is 1.39. The number of carboxylic acid groups (broad SMARTS) is 1. The number of carboxylic acids is 1. The zero-order valence-electron chi connectivity index (χ0n) is 13.5. The monoisotopic (exact) mass is 356 g/mol. The summed E-state index contributed by atoms with van der Waals surface area (Å²) in [5, 5.41) is 8.68. The van der Waals surface area contributed by atoms with Crippen molar-refractivity contribution in [3.8, 4) is 5.75 Å². The second kappa shape index (κ2) is 7.18. The highest BCUT2D eigenvalue weighted by Gasteiger charge is 2.30. The fraction of sp³-hybridized carbons (Fsp3) is 0.467. The van der Waals surface area contributed by atoms with Gasteiger partial charge in [0.2, 0.25) is 10.0 Å². The highest BCUT2D eigenvalue weighted by molar-refractivity contribution is 7.89. The summed E-state index contributed by atoms with van der Waals surface area (Å²) >= 11 is 0. The van der Waals surface area contributed by atoms with Crippen LogP contribution in [0.15, 0.2) is 23.1 Å². The number of sulfonamides is 1. The molecule has 0 spiro atoms. The molecule has 1 amide bonds. The third kappa shape index (κ3) is 4.45. The number of ether oxygens (including phenoxy) is 1. The number of nitrogens with zero attached hydrogens (tertiary/aromatic N) is 1. The second-order valence-corrected chi connectivity index (χ2v) is 7.31. The van der Waals surface area contributed by atoms with E-state index in [9.17, 15) is 18.0 Å². The van der Waals surface area contributed by atoms with Crippen molar-refractivity contribution in [2.45, 2.75) is 30.2 Å². The molecule has 24 heavy (non-hydrogen) atoms. The number of hydrogen-bond acceptors (Lipinski definition) is 5. The van der Waals surface area contributed by atoms with Gasteiger partial charge in [-0.05, 0) is 31.0 Å². The largest absolute Gasteiger partial charge is 0.495 e. The Balaban J connectivity index is 2.27. The minimum Gasteiger partial charge on any atom is -0.495 e. The fourth-order valence-electron chi connectivity index (χ4n) is 2.09. The van der Waals surface area contributed by atoms with Crippen molar-refractivity contribution < 1.29 is 27.9 Å². The Morgan fingerprint density at radius 1 is 1.38 bits per heavy atom. The average Bonchev–Trinajstić information content (AvgIpc) is 3.34. The first-order chi connectivity index (χ1) is 11.2. The van der Waals surface area contributed by atoms with E-state index in [4.69, 9.17) is 9.84 Å². The van der Waals surface area contributed by atoms with E-state index < -0.39 is 21.9 Å². The lowest BCUT2D eigenvalue weighted by molar-refractivity contribution is -0.137. The Bertz CT molecular complexity index is 742. The minimum atomic E-state index is -3.79. The molecule has 132 valence electrons. The lowest BCUT2D eigenvalue weighted by Crippen LogP contribution is -2.30. The van der Waals surface area contributed by atoms with Crippen LogP contribution >= 0.6 is 0 Å². The fourth-order valence-corrected chi connectivity index (χ4v) is 3.59. The number of benzene rings is 1. The van der Waals surface area contributed by atoms with Crippen LogP contribution in [0, 0.1) is 0 Å². The zero-order chi connectivity index (χ0) is 17.9. The molecular formula is C15H20N2O6S. The highest BCUT2D eigenvalue weighted by Crippen LogP contribution is 2.28. The van der Waals surface area contributed by atoms with Gasteiger partial charge in [-0.15, -0.1) is 0 Å². The normalized spacial score (nSPS) is 14.2. The molecule has 0 bridgehead atoms. The van der Waals surface area contributed by atoms with E-state index in [-0.39, 0.29) is 35.2 Å². The summed E-state index contributed by atoms with van der Waals surface area (Å²) in [5.41, 5.74) is 0.153. The quantitative estimate of drug-likeness (QED) is 0.708. The van der Waals surface area contributed by atoms with Gasteiger partial charge in [0.05, 0.1) is 13.5 Å². The van der Waals surface area contributed by atoms with Gasteiger partial charge in [0.1, 0.15) is 10.6 Å². The molecule has 1 aliphatic rings. The molecule has 2 N–H and O–H groups in total. The SMILES string of the molecule is COc1ccc(C(=O)N(C)CCC(=O)O)cc1S(=O)(=O)NC1CC1. The van der Waals surface area contributed by atoms with Gasteiger partial charge in [0, 0.05) is 25.2 Å². The lowest BCUT2D eigenvalue weighted by atomic mass is 10.2. The molecule has 0 aliphatic heterocycles. The van der Waals surface area contributed by atoms with Gasteiger partial charge in [-0.1, -0.05) is 0 Å². The Morgan fingerprint density at radius 3 is 2.58 bits per heavy atom. The Morgan fingerprint density at radius 2 is 2.04 bits per heavy atom. The van der Waals surface area contributed by atoms with E-state index in [0.717, 1.165) is 12.8 Å². The van der Waals surface area contributed by atoms with Crippen molar-refractivity contribution >= 4 is 21.9 Å². The molecular weight excluding hydrogens is 336 g/mol. The van der Waals surface area contributed by atoms with Crippen LogP contribution in [0.5, 0.6) is 5.75 Å². The van der Waals surface area contributed by atoms with Crippen LogP contribution in [0.4, 0.5) is 0 Å². The Kier molecular flexibility index (Phi) is 5.45. The first-order valence-corrected chi connectivity index (χ1v) is 8.90. The van der Waals surface area contributed by atoms with Crippen LogP contribution in [0.2, 0.25) is 0 Å². The van der Waals surface area contributed by atoms with Crippen LogP contribution < -0.4 is 9.46 Å². The maximum absolute atomic E-state index is 12.4. The second-order valence-electron chi connectivity index (χ2n) is 5.63. The zero-order valence-corrected chi connectivity index (χ0v) is 14.3. The summed E-state index contributed by atoms with van der Waals surface area (Å²) < 4.78 is 32.5. The van der Waals surface area contributed by atoms with Crippen molar-refractivity contribution in [3.63, 3.8) is 0 Å². The van der Waals surface area contributed by atoms with Crippen molar-refractivity contribution in [2.75, 3.05) is 20.7 Å². The van der Waals surface area contributed by atoms with E-state index in [1.54, 1.807) is 0 Å². The predicted molar refractivity (Wildman–Crippen MR) is 85.6 cm³/mol. The Hall–Kier alpha value is -2.13. The van der Waals surface area contributed by atoms with Crippen molar-refractivity contribution in [2.24, 2.45) is 0 Å². The molecule has 0 heterocycles. The van der Waals surface area contributed by atoms with Gasteiger partial charge in [0.15, 0.2) is 0 Å². The topological polar surface area (TPSA) is 113 Å². The van der Waals surface area contributed by atoms with E-state index in [1.165, 1.54) is 37.3 Å².